The van der Waals surface area contributed by atoms with Crippen LogP contribution in [0, 0.1) is 30.6 Å². The van der Waals surface area contributed by atoms with Crippen molar-refractivity contribution in [1.82, 2.24) is 0 Å². The number of benzene rings is 1. The van der Waals surface area contributed by atoms with Crippen LogP contribution in [0.4, 0.5) is 0 Å². The molecular weight excluding hydrogens is 468 g/mol. The minimum Gasteiger partial charge on any atom is -0.300 e. The highest BCUT2D eigenvalue weighted by Gasteiger charge is 2.34. The van der Waals surface area contributed by atoms with Crippen LogP contribution in [0.25, 0.3) is 0 Å². The van der Waals surface area contributed by atoms with Crippen molar-refractivity contribution in [2.75, 3.05) is 0 Å². The molecule has 0 bridgehead atoms. The third-order valence-corrected chi connectivity index (χ3v) is 9.05. The Labute approximate surface area is 231 Å². The van der Waals surface area contributed by atoms with Gasteiger partial charge < -0.3 is 0 Å². The number of carbonyl (C=O) groups excluding carboxylic acids is 3. The smallest absolute Gasteiger partial charge is 0.163 e. The summed E-state index contributed by atoms with van der Waals surface area (Å²) in [5, 5.41) is 0. The molecule has 0 fully saturated rings. The van der Waals surface area contributed by atoms with Gasteiger partial charge in [-0.15, -0.1) is 0 Å². The average molecular weight is 519 g/mol. The molecule has 1 aromatic carbocycles. The molecular formula is C35H50O3. The number of fused-ring (bicyclic) bond motifs is 1. The summed E-state index contributed by atoms with van der Waals surface area (Å²) in [6.07, 6.45) is 15.1. The highest BCUT2D eigenvalue weighted by atomic mass is 16.1. The molecule has 0 radical (unpaired) electrons. The zero-order valence-corrected chi connectivity index (χ0v) is 25.0. The summed E-state index contributed by atoms with van der Waals surface area (Å²) in [5.74, 6) is 1.64. The van der Waals surface area contributed by atoms with E-state index in [1.807, 2.05) is 0 Å². The maximum absolute atomic E-state index is 13.7. The van der Waals surface area contributed by atoms with E-state index in [9.17, 15) is 14.4 Å². The van der Waals surface area contributed by atoms with Crippen LogP contribution in [-0.4, -0.2) is 17.3 Å². The van der Waals surface area contributed by atoms with Crippen molar-refractivity contribution in [2.24, 2.45) is 23.7 Å². The quantitative estimate of drug-likeness (QED) is 0.231. The molecule has 208 valence electrons. The maximum atomic E-state index is 13.7. The molecule has 0 heterocycles. The Kier molecular flexibility index (Phi) is 10.9. The summed E-state index contributed by atoms with van der Waals surface area (Å²) in [4.78, 5) is 38.3. The Morgan fingerprint density at radius 2 is 1.84 bits per heavy atom. The fraction of sp³-hybridized carbons (Fsp3) is 0.629. The standard InChI is InChI=1S/C35H50O3/c1-8-12-29(30(9-2)33(37)17-24(6)36)18-26-19-32-31(22(3)4)21-28(25(7)35(32)34(38)20-26)16-11-15-27-14-10-13-23(27)5/h10,13-14,21-23,26,29-30H,8-9,11-12,15-20H2,1-7H3. The molecule has 3 heteroatoms. The number of allylic oxidation sites excluding steroid dienone is 4. The number of Topliss-reactive ketones (excluding diaryl/α,β-unsaturated/α-hetero) is 3. The van der Waals surface area contributed by atoms with Gasteiger partial charge in [0.05, 0.1) is 6.42 Å². The molecule has 0 saturated carbocycles. The molecule has 2 aliphatic carbocycles. The van der Waals surface area contributed by atoms with Gasteiger partial charge in [0, 0.05) is 17.9 Å². The molecule has 4 atom stereocenters. The first-order valence-corrected chi connectivity index (χ1v) is 15.1. The second-order valence-electron chi connectivity index (χ2n) is 12.4. The van der Waals surface area contributed by atoms with Crippen LogP contribution < -0.4 is 0 Å². The van der Waals surface area contributed by atoms with Crippen molar-refractivity contribution >= 4 is 17.3 Å². The first-order valence-electron chi connectivity index (χ1n) is 15.1. The van der Waals surface area contributed by atoms with Gasteiger partial charge in [-0.2, -0.15) is 0 Å². The molecule has 0 saturated heterocycles. The summed E-state index contributed by atoms with van der Waals surface area (Å²) in [5.41, 5.74) is 7.62. The van der Waals surface area contributed by atoms with E-state index in [2.05, 4.69) is 65.8 Å². The number of hydrogen-bond donors (Lipinski definition) is 0. The normalized spacial score (nSPS) is 20.4. The summed E-state index contributed by atoms with van der Waals surface area (Å²) in [6, 6.07) is 2.40. The van der Waals surface area contributed by atoms with E-state index in [4.69, 9.17) is 0 Å². The molecule has 0 aliphatic heterocycles. The molecule has 1 aromatic rings. The molecule has 0 amide bonds. The predicted molar refractivity (Wildman–Crippen MR) is 158 cm³/mol. The minimum atomic E-state index is -0.0862. The van der Waals surface area contributed by atoms with Crippen molar-refractivity contribution in [3.05, 3.63) is 57.7 Å². The van der Waals surface area contributed by atoms with Gasteiger partial charge in [0.2, 0.25) is 0 Å². The number of rotatable bonds is 14. The van der Waals surface area contributed by atoms with Crippen molar-refractivity contribution in [1.29, 1.82) is 0 Å². The van der Waals surface area contributed by atoms with E-state index in [1.165, 1.54) is 34.8 Å². The van der Waals surface area contributed by atoms with Crippen molar-refractivity contribution in [2.45, 2.75) is 119 Å². The lowest BCUT2D eigenvalue weighted by atomic mass is 9.70. The van der Waals surface area contributed by atoms with Crippen LogP contribution in [0.15, 0.2) is 29.9 Å². The Bertz CT molecular complexity index is 1090. The summed E-state index contributed by atoms with van der Waals surface area (Å²) in [7, 11) is 0. The third-order valence-electron chi connectivity index (χ3n) is 9.05. The van der Waals surface area contributed by atoms with E-state index in [1.54, 1.807) is 0 Å². The summed E-state index contributed by atoms with van der Waals surface area (Å²) >= 11 is 0. The van der Waals surface area contributed by atoms with Crippen LogP contribution in [0.2, 0.25) is 0 Å². The van der Waals surface area contributed by atoms with Gasteiger partial charge in [0.15, 0.2) is 5.78 Å². The van der Waals surface area contributed by atoms with Gasteiger partial charge in [0.25, 0.3) is 0 Å². The number of aryl methyl sites for hydroxylation is 1. The molecule has 4 unspecified atom stereocenters. The Morgan fingerprint density at radius 1 is 1.11 bits per heavy atom. The van der Waals surface area contributed by atoms with Crippen molar-refractivity contribution in [3.63, 3.8) is 0 Å². The van der Waals surface area contributed by atoms with Crippen LogP contribution in [-0.2, 0) is 22.4 Å². The van der Waals surface area contributed by atoms with Gasteiger partial charge in [-0.05, 0) is 98.3 Å². The highest BCUT2D eigenvalue weighted by Crippen LogP contribution is 2.40. The van der Waals surface area contributed by atoms with Crippen molar-refractivity contribution < 1.29 is 14.4 Å². The molecule has 2 aliphatic rings. The van der Waals surface area contributed by atoms with E-state index < -0.39 is 0 Å². The van der Waals surface area contributed by atoms with Crippen LogP contribution in [0.1, 0.15) is 131 Å². The Balaban J connectivity index is 1.82. The zero-order valence-electron chi connectivity index (χ0n) is 25.0. The van der Waals surface area contributed by atoms with Gasteiger partial charge in [0.1, 0.15) is 11.6 Å². The third kappa shape index (κ3) is 7.21. The largest absolute Gasteiger partial charge is 0.300 e. The predicted octanol–water partition coefficient (Wildman–Crippen LogP) is 8.70. The van der Waals surface area contributed by atoms with Gasteiger partial charge in [-0.25, -0.2) is 0 Å². The molecule has 3 rings (SSSR count). The Hall–Kier alpha value is -2.29. The van der Waals surface area contributed by atoms with E-state index in [0.717, 1.165) is 56.9 Å². The second kappa shape index (κ2) is 13.7. The number of carbonyl (C=O) groups is 3. The highest BCUT2D eigenvalue weighted by molar-refractivity contribution is 6.01. The first-order chi connectivity index (χ1) is 18.1. The topological polar surface area (TPSA) is 51.2 Å². The van der Waals surface area contributed by atoms with Gasteiger partial charge >= 0.3 is 0 Å². The van der Waals surface area contributed by atoms with E-state index >= 15 is 0 Å². The fourth-order valence-corrected chi connectivity index (χ4v) is 7.08. The first kappa shape index (κ1) is 30.3. The SMILES string of the molecule is CCCC(CC1CC(=O)c2c(C)c(CCCC3=CC=CC3C)cc(C(C)C)c2C1)C(CC)C(=O)CC(C)=O. The monoisotopic (exact) mass is 518 g/mol. The lowest BCUT2D eigenvalue weighted by molar-refractivity contribution is -0.129. The van der Waals surface area contributed by atoms with E-state index in [0.29, 0.717) is 18.3 Å². The van der Waals surface area contributed by atoms with Crippen LogP contribution in [0.5, 0.6) is 0 Å². The molecule has 38 heavy (non-hydrogen) atoms. The average Bonchev–Trinajstić information content (AvgIpc) is 3.24. The number of ketones is 3. The minimum absolute atomic E-state index is 0.0390. The zero-order chi connectivity index (χ0) is 28.0. The molecule has 3 nitrogen and oxygen atoms in total. The second-order valence-corrected chi connectivity index (χ2v) is 12.4. The Morgan fingerprint density at radius 3 is 2.42 bits per heavy atom. The van der Waals surface area contributed by atoms with E-state index in [-0.39, 0.29) is 41.5 Å². The maximum Gasteiger partial charge on any atom is 0.163 e. The lowest BCUT2D eigenvalue weighted by Crippen LogP contribution is -2.30. The van der Waals surface area contributed by atoms with Gasteiger partial charge in [-0.1, -0.05) is 77.3 Å². The van der Waals surface area contributed by atoms with Crippen molar-refractivity contribution in [3.8, 4) is 0 Å². The lowest BCUT2D eigenvalue weighted by Gasteiger charge is -2.33. The fourth-order valence-electron chi connectivity index (χ4n) is 7.08. The molecule has 0 spiro atoms. The molecule has 0 N–H and O–H groups in total. The summed E-state index contributed by atoms with van der Waals surface area (Å²) < 4.78 is 0. The molecule has 0 aromatic heterocycles. The van der Waals surface area contributed by atoms with Gasteiger partial charge in [-0.3, -0.25) is 14.4 Å². The van der Waals surface area contributed by atoms with Crippen LogP contribution in [0.3, 0.4) is 0 Å². The number of hydrogen-bond acceptors (Lipinski definition) is 3. The summed E-state index contributed by atoms with van der Waals surface area (Å²) in [6.45, 7) is 14.6. The van der Waals surface area contributed by atoms with Crippen LogP contribution >= 0.6 is 0 Å².